The van der Waals surface area contributed by atoms with Crippen LogP contribution in [-0.4, -0.2) is 27.2 Å². The van der Waals surface area contributed by atoms with Crippen molar-refractivity contribution in [3.63, 3.8) is 0 Å². The van der Waals surface area contributed by atoms with E-state index in [1.54, 1.807) is 22.3 Å². The lowest BCUT2D eigenvalue weighted by atomic mass is 10.3. The Morgan fingerprint density at radius 3 is 2.79 bits per heavy atom. The molecule has 4 aromatic rings. The Kier molecular flexibility index (Phi) is 5.36. The van der Waals surface area contributed by atoms with Crippen LogP contribution in [0.3, 0.4) is 0 Å². The Morgan fingerprint density at radius 2 is 2.07 bits per heavy atom. The zero-order valence-electron chi connectivity index (χ0n) is 15.7. The monoisotopic (exact) mass is 408 g/mol. The third-order valence-corrected chi connectivity index (χ3v) is 6.25. The number of thiophene rings is 1. The summed E-state index contributed by atoms with van der Waals surface area (Å²) in [6.07, 6.45) is 3.48. The molecule has 3 aromatic heterocycles. The summed E-state index contributed by atoms with van der Waals surface area (Å²) in [5.74, 6) is -0.0750. The molecule has 0 bridgehead atoms. The number of aromatic nitrogens is 3. The Morgan fingerprint density at radius 1 is 1.21 bits per heavy atom. The zero-order valence-corrected chi connectivity index (χ0v) is 17.3. The van der Waals surface area contributed by atoms with Crippen LogP contribution in [-0.2, 0) is 11.3 Å². The number of aryl methyl sites for hydroxylation is 2. The van der Waals surface area contributed by atoms with E-state index in [0.717, 1.165) is 26.5 Å². The van der Waals surface area contributed by atoms with Gasteiger partial charge in [0.15, 0.2) is 5.13 Å². The molecule has 0 fully saturated rings. The Bertz CT molecular complexity index is 1090. The summed E-state index contributed by atoms with van der Waals surface area (Å²) < 4.78 is 3.01. The van der Waals surface area contributed by atoms with Crippen LogP contribution < -0.4 is 4.90 Å². The molecule has 0 spiro atoms. The van der Waals surface area contributed by atoms with E-state index in [4.69, 9.17) is 0 Å². The molecule has 4 rings (SSSR count). The first kappa shape index (κ1) is 18.6. The minimum absolute atomic E-state index is 0.0750. The summed E-state index contributed by atoms with van der Waals surface area (Å²) in [6.45, 7) is 5.13. The average molecular weight is 409 g/mol. The third-order valence-electron chi connectivity index (χ3n) is 4.35. The molecule has 0 saturated carbocycles. The molecular formula is C21H20N4OS2. The van der Waals surface area contributed by atoms with Crippen LogP contribution in [0.4, 0.5) is 5.13 Å². The van der Waals surface area contributed by atoms with Crippen molar-refractivity contribution in [2.75, 3.05) is 11.4 Å². The van der Waals surface area contributed by atoms with Gasteiger partial charge in [0.1, 0.15) is 0 Å². The van der Waals surface area contributed by atoms with E-state index in [0.29, 0.717) is 18.2 Å². The predicted molar refractivity (Wildman–Crippen MR) is 117 cm³/mol. The number of thiazole rings is 1. The van der Waals surface area contributed by atoms with Crippen molar-refractivity contribution in [2.24, 2.45) is 0 Å². The number of rotatable bonds is 6. The molecular weight excluding hydrogens is 388 g/mol. The van der Waals surface area contributed by atoms with Gasteiger partial charge in [0.05, 0.1) is 22.5 Å². The second-order valence-electron chi connectivity index (χ2n) is 6.45. The van der Waals surface area contributed by atoms with Gasteiger partial charge in [-0.1, -0.05) is 29.5 Å². The summed E-state index contributed by atoms with van der Waals surface area (Å²) in [5.41, 5.74) is 2.98. The highest BCUT2D eigenvalue weighted by Gasteiger charge is 2.18. The van der Waals surface area contributed by atoms with E-state index < -0.39 is 0 Å². The van der Waals surface area contributed by atoms with Crippen molar-refractivity contribution in [3.05, 3.63) is 70.2 Å². The SMILES string of the molecule is Cc1cc(C)n(CCN(C(=O)C=Cc2cccs2)c2nc3ccccc3s2)n1. The molecule has 3 heterocycles. The lowest BCUT2D eigenvalue weighted by molar-refractivity contribution is -0.114. The molecule has 0 aliphatic rings. The molecule has 28 heavy (non-hydrogen) atoms. The first-order chi connectivity index (χ1) is 13.6. The van der Waals surface area contributed by atoms with Crippen LogP contribution in [0.1, 0.15) is 16.3 Å². The quantitative estimate of drug-likeness (QED) is 0.426. The lowest BCUT2D eigenvalue weighted by Gasteiger charge is -2.18. The van der Waals surface area contributed by atoms with Gasteiger partial charge in [0.25, 0.3) is 5.91 Å². The fourth-order valence-corrected chi connectivity index (χ4v) is 4.62. The van der Waals surface area contributed by atoms with Crippen molar-refractivity contribution in [3.8, 4) is 0 Å². The highest BCUT2D eigenvalue weighted by atomic mass is 32.1. The number of hydrogen-bond acceptors (Lipinski definition) is 5. The van der Waals surface area contributed by atoms with Gasteiger partial charge in [-0.15, -0.1) is 11.3 Å². The summed E-state index contributed by atoms with van der Waals surface area (Å²) >= 11 is 3.14. The maximum Gasteiger partial charge on any atom is 0.252 e. The number of carbonyl (C=O) groups is 1. The van der Waals surface area contributed by atoms with Crippen LogP contribution in [0.15, 0.2) is 53.9 Å². The Labute approximate surface area is 171 Å². The number of benzene rings is 1. The van der Waals surface area contributed by atoms with Crippen LogP contribution >= 0.6 is 22.7 Å². The standard InChI is InChI=1S/C21H20N4OS2/c1-15-14-16(2)25(23-15)12-11-24(20(26)10-9-17-6-5-13-27-17)21-22-18-7-3-4-8-19(18)28-21/h3-10,13-14H,11-12H2,1-2H3. The highest BCUT2D eigenvalue weighted by molar-refractivity contribution is 7.22. The topological polar surface area (TPSA) is 51.0 Å². The third kappa shape index (κ3) is 4.05. The molecule has 0 unspecified atom stereocenters. The zero-order chi connectivity index (χ0) is 19.5. The first-order valence-corrected chi connectivity index (χ1v) is 10.7. The van der Waals surface area contributed by atoms with Gasteiger partial charge >= 0.3 is 0 Å². The number of nitrogens with zero attached hydrogens (tertiary/aromatic N) is 4. The number of para-hydroxylation sites is 1. The minimum atomic E-state index is -0.0750. The first-order valence-electron chi connectivity index (χ1n) is 9.00. The van der Waals surface area contributed by atoms with Gasteiger partial charge in [0, 0.05) is 23.2 Å². The molecule has 0 aliphatic carbocycles. The van der Waals surface area contributed by atoms with Gasteiger partial charge in [-0.2, -0.15) is 5.10 Å². The van der Waals surface area contributed by atoms with E-state index in [9.17, 15) is 4.79 Å². The van der Waals surface area contributed by atoms with E-state index >= 15 is 0 Å². The number of carbonyl (C=O) groups excluding carboxylic acids is 1. The predicted octanol–water partition coefficient (Wildman–Crippen LogP) is 4.92. The molecule has 0 N–H and O–H groups in total. The second kappa shape index (κ2) is 8.08. The molecule has 1 amide bonds. The molecule has 0 atom stereocenters. The smallest absolute Gasteiger partial charge is 0.252 e. The summed E-state index contributed by atoms with van der Waals surface area (Å²) in [6, 6.07) is 14.0. The molecule has 7 heteroatoms. The summed E-state index contributed by atoms with van der Waals surface area (Å²) in [4.78, 5) is 20.5. The van der Waals surface area contributed by atoms with E-state index in [2.05, 4.69) is 10.1 Å². The largest absolute Gasteiger partial charge is 0.283 e. The van der Waals surface area contributed by atoms with Gasteiger partial charge in [-0.05, 0) is 49.6 Å². The van der Waals surface area contributed by atoms with E-state index in [-0.39, 0.29) is 5.91 Å². The van der Waals surface area contributed by atoms with Crippen molar-refractivity contribution in [2.45, 2.75) is 20.4 Å². The number of amides is 1. The van der Waals surface area contributed by atoms with Crippen molar-refractivity contribution in [1.82, 2.24) is 14.8 Å². The molecule has 0 aliphatic heterocycles. The van der Waals surface area contributed by atoms with E-state index in [1.807, 2.05) is 72.4 Å². The van der Waals surface area contributed by atoms with Crippen LogP contribution in [0, 0.1) is 13.8 Å². The second-order valence-corrected chi connectivity index (χ2v) is 8.44. The maximum absolute atomic E-state index is 13.0. The minimum Gasteiger partial charge on any atom is -0.283 e. The van der Waals surface area contributed by atoms with Crippen LogP contribution in [0.2, 0.25) is 0 Å². The Hall–Kier alpha value is -2.77. The van der Waals surface area contributed by atoms with Crippen molar-refractivity contribution < 1.29 is 4.79 Å². The lowest BCUT2D eigenvalue weighted by Crippen LogP contribution is -2.33. The fraction of sp³-hybridized carbons (Fsp3) is 0.190. The van der Waals surface area contributed by atoms with Crippen LogP contribution in [0.25, 0.3) is 16.3 Å². The summed E-state index contributed by atoms with van der Waals surface area (Å²) in [7, 11) is 0. The number of hydrogen-bond donors (Lipinski definition) is 0. The van der Waals surface area contributed by atoms with Crippen molar-refractivity contribution in [1.29, 1.82) is 0 Å². The maximum atomic E-state index is 13.0. The Balaban J connectivity index is 1.61. The fourth-order valence-electron chi connectivity index (χ4n) is 3.00. The molecule has 1 aromatic carbocycles. The average Bonchev–Trinajstić information content (AvgIpc) is 3.40. The molecule has 142 valence electrons. The van der Waals surface area contributed by atoms with Gasteiger partial charge in [-0.3, -0.25) is 14.4 Å². The molecule has 0 saturated heterocycles. The molecule has 0 radical (unpaired) electrons. The van der Waals surface area contributed by atoms with Gasteiger partial charge in [-0.25, -0.2) is 4.98 Å². The summed E-state index contributed by atoms with van der Waals surface area (Å²) in [5, 5.41) is 7.22. The van der Waals surface area contributed by atoms with Crippen molar-refractivity contribution >= 4 is 50.0 Å². The molecule has 5 nitrogen and oxygen atoms in total. The highest BCUT2D eigenvalue weighted by Crippen LogP contribution is 2.29. The van der Waals surface area contributed by atoms with Gasteiger partial charge in [0.2, 0.25) is 0 Å². The normalized spacial score (nSPS) is 11.5. The van der Waals surface area contributed by atoms with Gasteiger partial charge < -0.3 is 0 Å². The van der Waals surface area contributed by atoms with E-state index in [1.165, 1.54) is 11.3 Å². The number of fused-ring (bicyclic) bond motifs is 1. The number of anilines is 1. The van der Waals surface area contributed by atoms with Crippen LogP contribution in [0.5, 0.6) is 0 Å².